The van der Waals surface area contributed by atoms with Crippen molar-refractivity contribution < 1.29 is 0 Å². The van der Waals surface area contributed by atoms with Crippen LogP contribution in [0, 0.1) is 0 Å². The molecule has 2 aromatic rings. The van der Waals surface area contributed by atoms with E-state index in [2.05, 4.69) is 34.0 Å². The summed E-state index contributed by atoms with van der Waals surface area (Å²) in [6.07, 6.45) is 13.9. The second kappa shape index (κ2) is 12.3. The van der Waals surface area contributed by atoms with Gasteiger partial charge in [-0.25, -0.2) is 9.97 Å². The van der Waals surface area contributed by atoms with Gasteiger partial charge in [0.2, 0.25) is 5.95 Å². The Balaban J connectivity index is 1.93. The minimum Gasteiger partial charge on any atom is -0.353 e. The molecule has 0 saturated heterocycles. The summed E-state index contributed by atoms with van der Waals surface area (Å²) in [7, 11) is 0. The van der Waals surface area contributed by atoms with Crippen molar-refractivity contribution in [2.45, 2.75) is 65.2 Å². The Morgan fingerprint density at radius 2 is 1.31 bits per heavy atom. The van der Waals surface area contributed by atoms with Crippen molar-refractivity contribution in [3.8, 4) is 0 Å². The van der Waals surface area contributed by atoms with Gasteiger partial charge in [-0.05, 0) is 25.0 Å². The number of benzene rings is 1. The zero-order valence-corrected chi connectivity index (χ0v) is 16.5. The lowest BCUT2D eigenvalue weighted by molar-refractivity contribution is 0.601. The molecule has 1 aromatic heterocycles. The largest absolute Gasteiger partial charge is 0.353 e. The lowest BCUT2D eigenvalue weighted by Gasteiger charge is -2.23. The van der Waals surface area contributed by atoms with Crippen molar-refractivity contribution >= 4 is 17.3 Å². The molecular formula is C22H34N4. The van der Waals surface area contributed by atoms with Crippen molar-refractivity contribution in [1.82, 2.24) is 9.97 Å². The van der Waals surface area contributed by atoms with Gasteiger partial charge in [-0.3, -0.25) is 0 Å². The molecule has 0 bridgehead atoms. The molecule has 0 spiro atoms. The minimum atomic E-state index is 0.858. The van der Waals surface area contributed by atoms with Crippen molar-refractivity contribution in [2.75, 3.05) is 23.3 Å². The molecule has 142 valence electrons. The molecule has 0 amide bonds. The van der Waals surface area contributed by atoms with Gasteiger partial charge >= 0.3 is 0 Å². The Morgan fingerprint density at radius 3 is 1.85 bits per heavy atom. The summed E-state index contributed by atoms with van der Waals surface area (Å²) in [5, 5.41) is 3.35. The molecule has 0 fully saturated rings. The smallest absolute Gasteiger partial charge is 0.225 e. The van der Waals surface area contributed by atoms with Crippen LogP contribution < -0.4 is 10.2 Å². The fourth-order valence-electron chi connectivity index (χ4n) is 3.01. The molecule has 0 unspecified atom stereocenters. The fraction of sp³-hybridized carbons (Fsp3) is 0.545. The number of aromatic nitrogens is 2. The molecule has 2 rings (SSSR count). The predicted octanol–water partition coefficient (Wildman–Crippen LogP) is 6.19. The zero-order chi connectivity index (χ0) is 18.5. The molecule has 4 heteroatoms. The molecule has 26 heavy (non-hydrogen) atoms. The molecule has 0 atom stereocenters. The monoisotopic (exact) mass is 354 g/mol. The third-order valence-electron chi connectivity index (χ3n) is 4.55. The van der Waals surface area contributed by atoms with Gasteiger partial charge in [-0.1, -0.05) is 70.6 Å². The summed E-state index contributed by atoms with van der Waals surface area (Å²) in [5.41, 5.74) is 1.98. The van der Waals surface area contributed by atoms with Crippen LogP contribution in [-0.2, 0) is 0 Å². The first kappa shape index (κ1) is 20.2. The van der Waals surface area contributed by atoms with E-state index in [1.165, 1.54) is 51.4 Å². The van der Waals surface area contributed by atoms with Gasteiger partial charge in [0.25, 0.3) is 0 Å². The van der Waals surface area contributed by atoms with E-state index in [0.29, 0.717) is 0 Å². The van der Waals surface area contributed by atoms with Gasteiger partial charge in [0.05, 0.1) is 18.1 Å². The third-order valence-corrected chi connectivity index (χ3v) is 4.55. The molecule has 1 N–H and O–H groups in total. The highest BCUT2D eigenvalue weighted by Gasteiger charge is 2.09. The quantitative estimate of drug-likeness (QED) is 0.436. The maximum absolute atomic E-state index is 4.63. The van der Waals surface area contributed by atoms with Gasteiger partial charge in [0, 0.05) is 18.8 Å². The average Bonchev–Trinajstić information content (AvgIpc) is 2.68. The maximum atomic E-state index is 4.63. The summed E-state index contributed by atoms with van der Waals surface area (Å²) < 4.78 is 0. The Labute approximate surface area is 159 Å². The number of para-hydroxylation sites is 1. The lowest BCUT2D eigenvalue weighted by atomic mass is 10.2. The van der Waals surface area contributed by atoms with Crippen molar-refractivity contribution in [1.29, 1.82) is 0 Å². The number of unbranched alkanes of at least 4 members (excludes halogenated alkanes) is 6. The van der Waals surface area contributed by atoms with Crippen LogP contribution in [0.5, 0.6) is 0 Å². The summed E-state index contributed by atoms with van der Waals surface area (Å²) in [4.78, 5) is 11.6. The van der Waals surface area contributed by atoms with E-state index in [4.69, 9.17) is 0 Å². The normalized spacial score (nSPS) is 10.7. The van der Waals surface area contributed by atoms with E-state index in [-0.39, 0.29) is 0 Å². The predicted molar refractivity (Wildman–Crippen MR) is 112 cm³/mol. The first-order valence-corrected chi connectivity index (χ1v) is 10.2. The molecular weight excluding hydrogens is 320 g/mol. The van der Waals surface area contributed by atoms with Gasteiger partial charge in [0.1, 0.15) is 0 Å². The molecule has 0 aliphatic heterocycles. The molecule has 1 aromatic carbocycles. The van der Waals surface area contributed by atoms with E-state index in [0.717, 1.165) is 30.4 Å². The van der Waals surface area contributed by atoms with Crippen LogP contribution in [0.15, 0.2) is 42.7 Å². The van der Waals surface area contributed by atoms with E-state index in [1.807, 2.05) is 42.7 Å². The van der Waals surface area contributed by atoms with E-state index < -0.39 is 0 Å². The van der Waals surface area contributed by atoms with Crippen LogP contribution in [0.4, 0.5) is 17.3 Å². The van der Waals surface area contributed by atoms with Crippen LogP contribution in [0.1, 0.15) is 65.2 Å². The zero-order valence-electron chi connectivity index (χ0n) is 16.5. The second-order valence-electron chi connectivity index (χ2n) is 6.87. The van der Waals surface area contributed by atoms with Gasteiger partial charge in [0.15, 0.2) is 0 Å². The Morgan fingerprint density at radius 1 is 0.731 bits per heavy atom. The van der Waals surface area contributed by atoms with Crippen molar-refractivity contribution in [3.63, 3.8) is 0 Å². The summed E-state index contributed by atoms with van der Waals surface area (Å²) >= 11 is 0. The van der Waals surface area contributed by atoms with Crippen LogP contribution in [-0.4, -0.2) is 23.1 Å². The van der Waals surface area contributed by atoms with Crippen LogP contribution in [0.3, 0.4) is 0 Å². The highest BCUT2D eigenvalue weighted by Crippen LogP contribution is 2.17. The van der Waals surface area contributed by atoms with Crippen molar-refractivity contribution in [2.24, 2.45) is 0 Å². The summed E-state index contributed by atoms with van der Waals surface area (Å²) in [6.45, 7) is 6.61. The Kier molecular flexibility index (Phi) is 9.55. The summed E-state index contributed by atoms with van der Waals surface area (Å²) in [5.74, 6) is 0.858. The van der Waals surface area contributed by atoms with Crippen LogP contribution >= 0.6 is 0 Å². The molecule has 4 nitrogen and oxygen atoms in total. The van der Waals surface area contributed by atoms with Crippen LogP contribution in [0.2, 0.25) is 0 Å². The topological polar surface area (TPSA) is 41.1 Å². The summed E-state index contributed by atoms with van der Waals surface area (Å²) in [6, 6.07) is 10.1. The van der Waals surface area contributed by atoms with Crippen molar-refractivity contribution in [3.05, 3.63) is 42.7 Å². The van der Waals surface area contributed by atoms with Gasteiger partial charge in [-0.2, -0.15) is 0 Å². The standard InChI is InChI=1S/C22H34N4/c1-3-5-7-12-16-26(17-13-8-6-4-2)22-23-18-21(19-24-22)25-20-14-10-9-11-15-20/h9-11,14-15,18-19,25H,3-8,12-13,16-17H2,1-2H3. The third kappa shape index (κ3) is 7.42. The van der Waals surface area contributed by atoms with E-state index in [9.17, 15) is 0 Å². The highest BCUT2D eigenvalue weighted by molar-refractivity contribution is 5.58. The van der Waals surface area contributed by atoms with Gasteiger partial charge in [-0.15, -0.1) is 0 Å². The van der Waals surface area contributed by atoms with E-state index >= 15 is 0 Å². The van der Waals surface area contributed by atoms with E-state index in [1.54, 1.807) is 0 Å². The number of rotatable bonds is 13. The average molecular weight is 355 g/mol. The number of hydrogen-bond donors (Lipinski definition) is 1. The molecule has 0 aliphatic rings. The molecule has 1 heterocycles. The van der Waals surface area contributed by atoms with Gasteiger partial charge < -0.3 is 10.2 Å². The Hall–Kier alpha value is -2.10. The first-order chi connectivity index (χ1) is 12.8. The minimum absolute atomic E-state index is 0.858. The number of nitrogens with zero attached hydrogens (tertiary/aromatic N) is 3. The number of hydrogen-bond acceptors (Lipinski definition) is 4. The number of anilines is 3. The Bertz CT molecular complexity index is 571. The molecule has 0 saturated carbocycles. The molecule has 0 aliphatic carbocycles. The fourth-order valence-corrected chi connectivity index (χ4v) is 3.01. The lowest BCUT2D eigenvalue weighted by Crippen LogP contribution is -2.27. The first-order valence-electron chi connectivity index (χ1n) is 10.2. The highest BCUT2D eigenvalue weighted by atomic mass is 15.2. The second-order valence-corrected chi connectivity index (χ2v) is 6.87. The molecule has 0 radical (unpaired) electrons. The number of nitrogens with one attached hydrogen (secondary N) is 1. The SMILES string of the molecule is CCCCCCN(CCCCCC)c1ncc(Nc2ccccc2)cn1. The maximum Gasteiger partial charge on any atom is 0.225 e. The van der Waals surface area contributed by atoms with Crippen LogP contribution in [0.25, 0.3) is 0 Å².